The summed E-state index contributed by atoms with van der Waals surface area (Å²) in [5, 5.41) is 9.74. The number of terminal acetylenes is 1. The van der Waals surface area contributed by atoms with Gasteiger partial charge in [-0.05, 0) is 0 Å². The van der Waals surface area contributed by atoms with Crippen LogP contribution in [0.25, 0.3) is 0 Å². The van der Waals surface area contributed by atoms with Gasteiger partial charge in [-0.2, -0.15) is 0 Å². The molecule has 2 N–H and O–H groups in total. The average molecular weight is 286 g/mol. The van der Waals surface area contributed by atoms with Gasteiger partial charge in [0.2, 0.25) is 11.5 Å². The number of ether oxygens (including phenoxy) is 1. The number of H-pyrrole nitrogens is 1. The number of nitrogens with one attached hydrogen (secondary N) is 1. The lowest BCUT2D eigenvalue weighted by Crippen LogP contribution is -2.46. The maximum atomic E-state index is 14.6. The molecule has 1 fully saturated rings. The molecule has 0 aromatic carbocycles. The van der Waals surface area contributed by atoms with Crippen molar-refractivity contribution in [2.75, 3.05) is 0 Å². The highest BCUT2D eigenvalue weighted by Crippen LogP contribution is 2.48. The number of aliphatic hydroxyl groups is 1. The highest BCUT2D eigenvalue weighted by Gasteiger charge is 2.65. The predicted molar refractivity (Wildman–Crippen MR) is 64.3 cm³/mol. The molecule has 108 valence electrons. The fourth-order valence-corrected chi connectivity index (χ4v) is 2.08. The Morgan fingerprint density at radius 2 is 2.25 bits per heavy atom. The highest BCUT2D eigenvalue weighted by atomic mass is 19.2. The lowest BCUT2D eigenvalue weighted by atomic mass is 9.94. The van der Waals surface area contributed by atoms with Crippen LogP contribution in [0.1, 0.15) is 19.6 Å². The van der Waals surface area contributed by atoms with Gasteiger partial charge in [-0.15, -0.1) is 6.42 Å². The van der Waals surface area contributed by atoms with Gasteiger partial charge in [0.25, 0.3) is 5.56 Å². The van der Waals surface area contributed by atoms with E-state index in [0.29, 0.717) is 4.57 Å². The second kappa shape index (κ2) is 4.54. The van der Waals surface area contributed by atoms with Crippen LogP contribution in [0.2, 0.25) is 0 Å². The Morgan fingerprint density at radius 3 is 2.75 bits per heavy atom. The van der Waals surface area contributed by atoms with E-state index in [4.69, 9.17) is 11.2 Å². The number of aromatic nitrogens is 2. The standard InChI is InChI=1S/C12H12F2N2O4/c1-3-11(13)8(18)12(14,4-2)20-9(11)16-6-5-7(17)15-10(16)19/h1,5-6,8-9,18H,4H2,2H3,(H,15,17,19). The Morgan fingerprint density at radius 1 is 1.60 bits per heavy atom. The number of alkyl halides is 2. The van der Waals surface area contributed by atoms with E-state index < -0.39 is 35.1 Å². The lowest BCUT2D eigenvalue weighted by Gasteiger charge is -2.23. The Bertz CT molecular complexity index is 679. The summed E-state index contributed by atoms with van der Waals surface area (Å²) in [6, 6.07) is 0.929. The maximum absolute atomic E-state index is 14.6. The van der Waals surface area contributed by atoms with E-state index in [1.807, 2.05) is 4.98 Å². The lowest BCUT2D eigenvalue weighted by molar-refractivity contribution is -0.188. The topological polar surface area (TPSA) is 84.3 Å². The molecule has 1 aliphatic rings. The first-order valence-electron chi connectivity index (χ1n) is 5.81. The van der Waals surface area contributed by atoms with Crippen molar-refractivity contribution in [3.8, 4) is 12.3 Å². The van der Waals surface area contributed by atoms with Crippen LogP contribution in [0.5, 0.6) is 0 Å². The van der Waals surface area contributed by atoms with Gasteiger partial charge in [0, 0.05) is 18.7 Å². The molecule has 0 saturated carbocycles. The van der Waals surface area contributed by atoms with Gasteiger partial charge in [0.05, 0.1) is 0 Å². The molecule has 0 bridgehead atoms. The minimum Gasteiger partial charge on any atom is -0.383 e. The first-order chi connectivity index (χ1) is 9.28. The zero-order valence-corrected chi connectivity index (χ0v) is 10.5. The smallest absolute Gasteiger partial charge is 0.330 e. The molecule has 1 aromatic rings. The molecule has 2 rings (SSSR count). The van der Waals surface area contributed by atoms with Crippen LogP contribution >= 0.6 is 0 Å². The Hall–Kier alpha value is -1.98. The van der Waals surface area contributed by atoms with E-state index in [1.54, 1.807) is 5.92 Å². The first-order valence-corrected chi connectivity index (χ1v) is 5.81. The number of halogens is 2. The quantitative estimate of drug-likeness (QED) is 0.740. The van der Waals surface area contributed by atoms with Gasteiger partial charge >= 0.3 is 5.69 Å². The van der Waals surface area contributed by atoms with Gasteiger partial charge < -0.3 is 9.84 Å². The van der Waals surface area contributed by atoms with E-state index in [9.17, 15) is 23.5 Å². The van der Waals surface area contributed by atoms with Crippen molar-refractivity contribution in [3.05, 3.63) is 33.1 Å². The third kappa shape index (κ3) is 1.87. The minimum atomic E-state index is -2.94. The Kier molecular flexibility index (Phi) is 3.28. The summed E-state index contributed by atoms with van der Waals surface area (Å²) in [6.45, 7) is 1.33. The van der Waals surface area contributed by atoms with Crippen LogP contribution in [-0.4, -0.2) is 32.3 Å². The average Bonchev–Trinajstić information content (AvgIpc) is 2.62. The van der Waals surface area contributed by atoms with Gasteiger partial charge in [-0.1, -0.05) is 12.8 Å². The second-order valence-corrected chi connectivity index (χ2v) is 4.44. The number of aromatic amines is 1. The third-order valence-corrected chi connectivity index (χ3v) is 3.28. The molecule has 6 nitrogen and oxygen atoms in total. The van der Waals surface area contributed by atoms with E-state index in [2.05, 4.69) is 0 Å². The van der Waals surface area contributed by atoms with Crippen molar-refractivity contribution < 1.29 is 18.6 Å². The van der Waals surface area contributed by atoms with Crippen molar-refractivity contribution in [1.29, 1.82) is 0 Å². The second-order valence-electron chi connectivity index (χ2n) is 4.44. The van der Waals surface area contributed by atoms with Gasteiger partial charge in [0.15, 0.2) is 12.3 Å². The molecular formula is C12H12F2N2O4. The fraction of sp³-hybridized carbons (Fsp3) is 0.500. The van der Waals surface area contributed by atoms with Crippen molar-refractivity contribution in [2.24, 2.45) is 0 Å². The van der Waals surface area contributed by atoms with Crippen molar-refractivity contribution in [1.82, 2.24) is 9.55 Å². The monoisotopic (exact) mass is 286 g/mol. The van der Waals surface area contributed by atoms with Crippen LogP contribution < -0.4 is 11.2 Å². The molecule has 0 aliphatic carbocycles. The SMILES string of the molecule is C#CC1(F)C(n2ccc(=O)[nH]c2=O)OC(F)(CC)C1O. The molecule has 2 heterocycles. The normalized spacial score (nSPS) is 36.8. The molecule has 20 heavy (non-hydrogen) atoms. The maximum Gasteiger partial charge on any atom is 0.330 e. The van der Waals surface area contributed by atoms with Crippen molar-refractivity contribution in [2.45, 2.75) is 37.2 Å². The molecule has 8 heteroatoms. The molecule has 1 saturated heterocycles. The summed E-state index contributed by atoms with van der Waals surface area (Å²) in [7, 11) is 0. The highest BCUT2D eigenvalue weighted by molar-refractivity contribution is 5.21. The zero-order valence-electron chi connectivity index (χ0n) is 10.5. The number of rotatable bonds is 2. The molecule has 0 spiro atoms. The molecule has 0 radical (unpaired) electrons. The summed E-state index contributed by atoms with van der Waals surface area (Å²) in [5.41, 5.74) is -4.67. The summed E-state index contributed by atoms with van der Waals surface area (Å²) in [5.74, 6) is -1.08. The van der Waals surface area contributed by atoms with Crippen LogP contribution in [-0.2, 0) is 4.74 Å². The predicted octanol–water partition coefficient (Wildman–Crippen LogP) is -0.156. The summed E-state index contributed by atoms with van der Waals surface area (Å²) in [6.07, 6.45) is 1.45. The largest absolute Gasteiger partial charge is 0.383 e. The van der Waals surface area contributed by atoms with Gasteiger partial charge in [0.1, 0.15) is 0 Å². The number of nitrogens with zero attached hydrogens (tertiary/aromatic N) is 1. The molecule has 1 aromatic heterocycles. The molecule has 4 unspecified atom stereocenters. The van der Waals surface area contributed by atoms with E-state index in [1.165, 1.54) is 6.92 Å². The minimum absolute atomic E-state index is 0.365. The van der Waals surface area contributed by atoms with E-state index >= 15 is 0 Å². The zero-order chi connectivity index (χ0) is 15.1. The summed E-state index contributed by atoms with van der Waals surface area (Å²) >= 11 is 0. The Balaban J connectivity index is 2.59. The van der Waals surface area contributed by atoms with Crippen molar-refractivity contribution >= 4 is 0 Å². The van der Waals surface area contributed by atoms with Gasteiger partial charge in [-0.25, -0.2) is 13.6 Å². The summed E-state index contributed by atoms with van der Waals surface area (Å²) < 4.78 is 34.3. The van der Waals surface area contributed by atoms with E-state index in [0.717, 1.165) is 12.3 Å². The third-order valence-electron chi connectivity index (χ3n) is 3.28. The van der Waals surface area contributed by atoms with Gasteiger partial charge in [-0.3, -0.25) is 14.3 Å². The van der Waals surface area contributed by atoms with Crippen LogP contribution in [0.3, 0.4) is 0 Å². The summed E-state index contributed by atoms with van der Waals surface area (Å²) in [4.78, 5) is 24.5. The number of hydrogen-bond acceptors (Lipinski definition) is 4. The Labute approximate surface area is 112 Å². The number of aliphatic hydroxyl groups excluding tert-OH is 1. The number of hydrogen-bond donors (Lipinski definition) is 2. The van der Waals surface area contributed by atoms with Crippen LogP contribution in [0, 0.1) is 12.3 Å². The van der Waals surface area contributed by atoms with E-state index in [-0.39, 0.29) is 6.42 Å². The van der Waals surface area contributed by atoms with Crippen molar-refractivity contribution in [3.63, 3.8) is 0 Å². The van der Waals surface area contributed by atoms with Crippen LogP contribution in [0.4, 0.5) is 8.78 Å². The fourth-order valence-electron chi connectivity index (χ4n) is 2.08. The van der Waals surface area contributed by atoms with Crippen LogP contribution in [0.15, 0.2) is 21.9 Å². The molecule has 1 aliphatic heterocycles. The molecule has 0 amide bonds. The molecule has 4 atom stereocenters. The molecular weight excluding hydrogens is 274 g/mol. The first kappa shape index (κ1) is 14.4.